The molecule has 0 aliphatic heterocycles. The number of pyridine rings is 1. The largest absolute Gasteiger partial charge is 0.201 e. The van der Waals surface area contributed by atoms with Crippen LogP contribution in [0.4, 0.5) is 0 Å². The molecule has 0 radical (unpaired) electrons. The van der Waals surface area contributed by atoms with Gasteiger partial charge in [-0.3, -0.25) is 0 Å². The van der Waals surface area contributed by atoms with Crippen LogP contribution in [0.1, 0.15) is 5.56 Å². The number of allylic oxidation sites excluding steroid dienone is 1. The minimum atomic E-state index is 0.859. The van der Waals surface area contributed by atoms with Crippen LogP contribution in [0.25, 0.3) is 6.08 Å². The summed E-state index contributed by atoms with van der Waals surface area (Å²) in [6.45, 7) is 8.19. The van der Waals surface area contributed by atoms with Crippen molar-refractivity contribution in [2.24, 2.45) is 0 Å². The molecule has 0 N–H and O–H groups in total. The first kappa shape index (κ1) is 7.73. The summed E-state index contributed by atoms with van der Waals surface area (Å²) in [5, 5.41) is 0. The predicted molar refractivity (Wildman–Crippen MR) is 46.9 cm³/mol. The Morgan fingerprint density at radius 3 is 2.36 bits per heavy atom. The standard InChI is InChI=1S/C10H12N/c1-3-7-11-8-5-10(4-2)6-9-11/h3-6,8-9H,1-2,7H2/q+1. The Morgan fingerprint density at radius 1 is 1.27 bits per heavy atom. The van der Waals surface area contributed by atoms with Crippen LogP contribution >= 0.6 is 0 Å². The Morgan fingerprint density at radius 2 is 1.91 bits per heavy atom. The van der Waals surface area contributed by atoms with Crippen LogP contribution in [0.3, 0.4) is 0 Å². The molecule has 0 spiro atoms. The first-order valence-corrected chi connectivity index (χ1v) is 3.59. The van der Waals surface area contributed by atoms with Crippen LogP contribution in [0, 0.1) is 0 Å². The molecule has 0 aliphatic carbocycles. The van der Waals surface area contributed by atoms with E-state index in [0.29, 0.717) is 0 Å². The molecule has 0 saturated carbocycles. The Kier molecular flexibility index (Phi) is 2.61. The molecule has 0 saturated heterocycles. The number of hydrogen-bond donors (Lipinski definition) is 0. The van der Waals surface area contributed by atoms with Gasteiger partial charge >= 0.3 is 0 Å². The van der Waals surface area contributed by atoms with Crippen LogP contribution in [0.15, 0.2) is 43.8 Å². The molecule has 0 aliphatic rings. The monoisotopic (exact) mass is 146 g/mol. The Bertz CT molecular complexity index is 246. The second-order valence-electron chi connectivity index (χ2n) is 2.32. The number of rotatable bonds is 3. The highest BCUT2D eigenvalue weighted by Crippen LogP contribution is 1.94. The number of nitrogens with zero attached hydrogens (tertiary/aromatic N) is 1. The molecule has 11 heavy (non-hydrogen) atoms. The van der Waals surface area contributed by atoms with Crippen molar-refractivity contribution >= 4 is 6.08 Å². The Balaban J connectivity index is 2.81. The van der Waals surface area contributed by atoms with E-state index in [1.165, 1.54) is 0 Å². The molecule has 56 valence electrons. The highest BCUT2D eigenvalue weighted by Gasteiger charge is 1.93. The average Bonchev–Trinajstić information content (AvgIpc) is 2.07. The van der Waals surface area contributed by atoms with Gasteiger partial charge in [-0.15, -0.1) is 0 Å². The maximum absolute atomic E-state index is 3.68. The summed E-state index contributed by atoms with van der Waals surface area (Å²) in [4.78, 5) is 0. The van der Waals surface area contributed by atoms with Gasteiger partial charge in [-0.25, -0.2) is 4.57 Å². The molecule has 0 fully saturated rings. The summed E-state index contributed by atoms with van der Waals surface area (Å²) in [6, 6.07) is 4.05. The van der Waals surface area contributed by atoms with E-state index >= 15 is 0 Å². The van der Waals surface area contributed by atoms with E-state index in [0.717, 1.165) is 12.1 Å². The van der Waals surface area contributed by atoms with Crippen molar-refractivity contribution in [2.75, 3.05) is 0 Å². The van der Waals surface area contributed by atoms with Gasteiger partial charge in [-0.1, -0.05) is 19.2 Å². The first-order valence-electron chi connectivity index (χ1n) is 3.59. The van der Waals surface area contributed by atoms with Gasteiger partial charge < -0.3 is 0 Å². The van der Waals surface area contributed by atoms with Crippen molar-refractivity contribution in [3.63, 3.8) is 0 Å². The molecule has 1 rings (SSSR count). The summed E-state index contributed by atoms with van der Waals surface area (Å²) >= 11 is 0. The molecule has 1 aromatic rings. The Labute approximate surface area is 67.3 Å². The van der Waals surface area contributed by atoms with E-state index in [1.807, 2.05) is 36.7 Å². The van der Waals surface area contributed by atoms with Crippen LogP contribution in [0.2, 0.25) is 0 Å². The van der Waals surface area contributed by atoms with Crippen LogP contribution in [-0.4, -0.2) is 0 Å². The maximum Gasteiger partial charge on any atom is 0.169 e. The molecule has 0 atom stereocenters. The molecule has 0 amide bonds. The highest BCUT2D eigenvalue weighted by molar-refractivity contribution is 5.44. The molecule has 0 bridgehead atoms. The highest BCUT2D eigenvalue weighted by atomic mass is 14.9. The fourth-order valence-corrected chi connectivity index (χ4v) is 0.876. The lowest BCUT2D eigenvalue weighted by molar-refractivity contribution is -0.687. The second-order valence-corrected chi connectivity index (χ2v) is 2.32. The van der Waals surface area contributed by atoms with Crippen molar-refractivity contribution in [2.45, 2.75) is 6.54 Å². The van der Waals surface area contributed by atoms with Gasteiger partial charge in [0.2, 0.25) is 0 Å². The van der Waals surface area contributed by atoms with Crippen molar-refractivity contribution in [1.29, 1.82) is 0 Å². The third kappa shape index (κ3) is 2.04. The molecule has 1 aromatic heterocycles. The van der Waals surface area contributed by atoms with Gasteiger partial charge in [0.1, 0.15) is 0 Å². The van der Waals surface area contributed by atoms with Gasteiger partial charge in [0.15, 0.2) is 18.9 Å². The van der Waals surface area contributed by atoms with E-state index < -0.39 is 0 Å². The van der Waals surface area contributed by atoms with E-state index in [-0.39, 0.29) is 0 Å². The summed E-state index contributed by atoms with van der Waals surface area (Å²) in [7, 11) is 0. The van der Waals surface area contributed by atoms with Crippen molar-refractivity contribution in [3.8, 4) is 0 Å². The van der Waals surface area contributed by atoms with Crippen LogP contribution in [-0.2, 0) is 6.54 Å². The van der Waals surface area contributed by atoms with Gasteiger partial charge in [0.05, 0.1) is 0 Å². The quantitative estimate of drug-likeness (QED) is 0.452. The first-order chi connectivity index (χ1) is 5.36. The van der Waals surface area contributed by atoms with E-state index in [2.05, 4.69) is 17.7 Å². The average molecular weight is 146 g/mol. The van der Waals surface area contributed by atoms with Crippen molar-refractivity contribution in [1.82, 2.24) is 0 Å². The lowest BCUT2D eigenvalue weighted by Crippen LogP contribution is -2.31. The topological polar surface area (TPSA) is 3.88 Å². The Hall–Kier alpha value is -1.37. The minimum absolute atomic E-state index is 0.859. The van der Waals surface area contributed by atoms with Gasteiger partial charge in [-0.05, 0) is 11.6 Å². The molecule has 1 nitrogen and oxygen atoms in total. The minimum Gasteiger partial charge on any atom is -0.201 e. The zero-order valence-electron chi connectivity index (χ0n) is 6.53. The number of hydrogen-bond acceptors (Lipinski definition) is 0. The predicted octanol–water partition coefficient (Wildman–Crippen LogP) is 1.80. The summed E-state index contributed by atoms with van der Waals surface area (Å²) in [6.07, 6.45) is 7.73. The van der Waals surface area contributed by atoms with E-state index in [9.17, 15) is 0 Å². The third-order valence-electron chi connectivity index (χ3n) is 1.49. The van der Waals surface area contributed by atoms with Crippen molar-refractivity contribution in [3.05, 3.63) is 49.3 Å². The zero-order chi connectivity index (χ0) is 8.10. The lowest BCUT2D eigenvalue weighted by Gasteiger charge is -1.91. The maximum atomic E-state index is 3.68. The third-order valence-corrected chi connectivity index (χ3v) is 1.49. The second kappa shape index (κ2) is 3.71. The van der Waals surface area contributed by atoms with Gasteiger partial charge in [0, 0.05) is 12.1 Å². The SMILES string of the molecule is C=CC[n+]1ccc(C=C)cc1. The van der Waals surface area contributed by atoms with E-state index in [4.69, 9.17) is 0 Å². The molecule has 0 unspecified atom stereocenters. The van der Waals surface area contributed by atoms with Crippen LogP contribution in [0.5, 0.6) is 0 Å². The summed E-state index contributed by atoms with van der Waals surface area (Å²) in [5.74, 6) is 0. The molecule has 1 heterocycles. The molecular formula is C10H12N+. The fourth-order valence-electron chi connectivity index (χ4n) is 0.876. The zero-order valence-corrected chi connectivity index (χ0v) is 6.53. The molecule has 0 aromatic carbocycles. The fraction of sp³-hybridized carbons (Fsp3) is 0.100. The van der Waals surface area contributed by atoms with E-state index in [1.54, 1.807) is 0 Å². The molecular weight excluding hydrogens is 134 g/mol. The van der Waals surface area contributed by atoms with Crippen LogP contribution < -0.4 is 4.57 Å². The summed E-state index contributed by atoms with van der Waals surface area (Å²) < 4.78 is 2.06. The van der Waals surface area contributed by atoms with Crippen molar-refractivity contribution < 1.29 is 4.57 Å². The summed E-state index contributed by atoms with van der Waals surface area (Å²) in [5.41, 5.74) is 1.14. The van der Waals surface area contributed by atoms with Gasteiger partial charge in [-0.2, -0.15) is 0 Å². The lowest BCUT2D eigenvalue weighted by atomic mass is 10.3. The van der Waals surface area contributed by atoms with Gasteiger partial charge in [0.25, 0.3) is 0 Å². The number of aromatic nitrogens is 1. The normalized spacial score (nSPS) is 9.09. The smallest absolute Gasteiger partial charge is 0.169 e. The molecule has 1 heteroatoms.